The molecule has 3 aromatic rings. The van der Waals surface area contributed by atoms with Crippen molar-refractivity contribution in [3.05, 3.63) is 59.2 Å². The first-order valence-electron chi connectivity index (χ1n) is 10.2. The van der Waals surface area contributed by atoms with E-state index in [1.54, 1.807) is 11.3 Å². The fourth-order valence-electron chi connectivity index (χ4n) is 3.60. The van der Waals surface area contributed by atoms with Crippen LogP contribution in [0.25, 0.3) is 10.2 Å². The third kappa shape index (κ3) is 4.50. The van der Waals surface area contributed by atoms with E-state index >= 15 is 0 Å². The molecule has 1 aliphatic heterocycles. The maximum atomic E-state index is 13.4. The molecule has 1 fully saturated rings. The highest BCUT2D eigenvalue weighted by atomic mass is 32.1. The van der Waals surface area contributed by atoms with Crippen LogP contribution in [0.3, 0.4) is 0 Å². The zero-order chi connectivity index (χ0) is 20.2. The van der Waals surface area contributed by atoms with Crippen LogP contribution in [0.4, 0.5) is 5.13 Å². The van der Waals surface area contributed by atoms with Crippen LogP contribution in [0.2, 0.25) is 0 Å². The summed E-state index contributed by atoms with van der Waals surface area (Å²) in [7, 11) is 0. The van der Waals surface area contributed by atoms with E-state index in [0.717, 1.165) is 60.2 Å². The molecule has 5 nitrogen and oxygen atoms in total. The Morgan fingerprint density at radius 1 is 1.17 bits per heavy atom. The van der Waals surface area contributed by atoms with Crippen LogP contribution in [0.5, 0.6) is 0 Å². The molecule has 152 valence electrons. The molecule has 6 heteroatoms. The number of hydrogen-bond acceptors (Lipinski definition) is 5. The lowest BCUT2D eigenvalue weighted by atomic mass is 10.1. The second-order valence-electron chi connectivity index (χ2n) is 7.39. The van der Waals surface area contributed by atoms with Gasteiger partial charge in [-0.05, 0) is 37.1 Å². The predicted molar refractivity (Wildman–Crippen MR) is 119 cm³/mol. The molecule has 0 N–H and O–H groups in total. The first-order valence-corrected chi connectivity index (χ1v) is 11.0. The van der Waals surface area contributed by atoms with Crippen molar-refractivity contribution >= 4 is 32.6 Å². The zero-order valence-electron chi connectivity index (χ0n) is 17.1. The van der Waals surface area contributed by atoms with E-state index < -0.39 is 0 Å². The number of thiazole rings is 1. The molecular weight excluding hydrogens is 382 g/mol. The maximum absolute atomic E-state index is 13.4. The highest BCUT2D eigenvalue weighted by molar-refractivity contribution is 7.22. The van der Waals surface area contributed by atoms with E-state index in [0.29, 0.717) is 12.1 Å². The number of aromatic nitrogens is 1. The van der Waals surface area contributed by atoms with Crippen LogP contribution < -0.4 is 4.90 Å². The molecule has 0 unspecified atom stereocenters. The Balaban J connectivity index is 1.65. The number of carbonyl (C=O) groups is 1. The summed E-state index contributed by atoms with van der Waals surface area (Å²) in [4.78, 5) is 22.5. The molecule has 1 amide bonds. The number of nitrogens with zero attached hydrogens (tertiary/aromatic N) is 3. The molecule has 0 spiro atoms. The maximum Gasteiger partial charge on any atom is 0.260 e. The number of amides is 1. The molecule has 2 heterocycles. The van der Waals surface area contributed by atoms with Crippen LogP contribution in [-0.4, -0.2) is 55.2 Å². The molecule has 1 aromatic heterocycles. The summed E-state index contributed by atoms with van der Waals surface area (Å²) in [5.41, 5.74) is 4.09. The molecule has 0 atom stereocenters. The summed E-state index contributed by atoms with van der Waals surface area (Å²) in [6, 6.07) is 14.1. The van der Waals surface area contributed by atoms with Crippen LogP contribution in [-0.2, 0) is 11.2 Å². The Kier molecular flexibility index (Phi) is 6.23. The lowest BCUT2D eigenvalue weighted by Crippen LogP contribution is -2.43. The quantitative estimate of drug-likeness (QED) is 0.614. The van der Waals surface area contributed by atoms with E-state index in [4.69, 9.17) is 9.72 Å². The molecule has 29 heavy (non-hydrogen) atoms. The summed E-state index contributed by atoms with van der Waals surface area (Å²) in [5, 5.41) is 0.778. The Labute approximate surface area is 175 Å². The molecule has 2 aromatic carbocycles. The summed E-state index contributed by atoms with van der Waals surface area (Å²) in [6.07, 6.45) is 0.931. The lowest BCUT2D eigenvalue weighted by Gasteiger charge is -2.29. The van der Waals surface area contributed by atoms with Gasteiger partial charge in [-0.2, -0.15) is 0 Å². The Morgan fingerprint density at radius 3 is 2.66 bits per heavy atom. The van der Waals surface area contributed by atoms with E-state index in [-0.39, 0.29) is 5.91 Å². The highest BCUT2D eigenvalue weighted by Crippen LogP contribution is 2.32. The lowest BCUT2D eigenvalue weighted by molar-refractivity contribution is 0.0391. The van der Waals surface area contributed by atoms with Crippen LogP contribution in [0.15, 0.2) is 42.5 Å². The number of benzene rings is 2. The summed E-state index contributed by atoms with van der Waals surface area (Å²) in [5.74, 6) is 0.00960. The second-order valence-corrected chi connectivity index (χ2v) is 8.40. The molecule has 0 radical (unpaired) electrons. The molecule has 0 aliphatic carbocycles. The summed E-state index contributed by atoms with van der Waals surface area (Å²) < 4.78 is 6.58. The fourth-order valence-corrected chi connectivity index (χ4v) is 4.63. The second kappa shape index (κ2) is 9.03. The Bertz CT molecular complexity index is 977. The number of rotatable bonds is 6. The predicted octanol–water partition coefficient (Wildman–Crippen LogP) is 4.15. The first-order chi connectivity index (χ1) is 14.2. The van der Waals surface area contributed by atoms with Crippen molar-refractivity contribution in [1.29, 1.82) is 0 Å². The van der Waals surface area contributed by atoms with Crippen molar-refractivity contribution in [2.24, 2.45) is 0 Å². The minimum atomic E-state index is 0.00960. The van der Waals surface area contributed by atoms with Crippen molar-refractivity contribution in [1.82, 2.24) is 9.88 Å². The largest absolute Gasteiger partial charge is 0.379 e. The molecule has 4 rings (SSSR count). The zero-order valence-corrected chi connectivity index (χ0v) is 17.9. The van der Waals surface area contributed by atoms with Gasteiger partial charge in [0.15, 0.2) is 5.13 Å². The number of aryl methyl sites for hydroxylation is 2. The molecule has 0 bridgehead atoms. The average Bonchev–Trinajstić information content (AvgIpc) is 3.19. The Hall–Kier alpha value is -2.28. The minimum absolute atomic E-state index is 0.00960. The monoisotopic (exact) mass is 409 g/mol. The van der Waals surface area contributed by atoms with Gasteiger partial charge in [0.05, 0.1) is 23.4 Å². The van der Waals surface area contributed by atoms with E-state index in [1.807, 2.05) is 36.1 Å². The third-order valence-electron chi connectivity index (χ3n) is 5.39. The van der Waals surface area contributed by atoms with Gasteiger partial charge in [0.2, 0.25) is 0 Å². The molecular formula is C23H27N3O2S. The number of ether oxygens (including phenoxy) is 1. The highest BCUT2D eigenvalue weighted by Gasteiger charge is 2.23. The van der Waals surface area contributed by atoms with Gasteiger partial charge in [-0.25, -0.2) is 4.98 Å². The average molecular weight is 410 g/mol. The standard InChI is InChI=1S/C23H27N3O2S/c1-3-18-5-4-6-20-21(18)24-23(29-20)26(12-11-25-13-15-28-16-14-25)22(27)19-9-7-17(2)8-10-19/h4-10H,3,11-16H2,1-2H3. The van der Waals surface area contributed by atoms with Crippen LogP contribution >= 0.6 is 11.3 Å². The van der Waals surface area contributed by atoms with E-state index in [1.165, 1.54) is 5.56 Å². The van der Waals surface area contributed by atoms with Crippen molar-refractivity contribution in [3.8, 4) is 0 Å². The minimum Gasteiger partial charge on any atom is -0.379 e. The van der Waals surface area contributed by atoms with Gasteiger partial charge in [-0.15, -0.1) is 0 Å². The van der Waals surface area contributed by atoms with Crippen molar-refractivity contribution in [2.75, 3.05) is 44.3 Å². The smallest absolute Gasteiger partial charge is 0.260 e. The van der Waals surface area contributed by atoms with Gasteiger partial charge in [0, 0.05) is 31.7 Å². The summed E-state index contributed by atoms with van der Waals surface area (Å²) in [6.45, 7) is 8.94. The van der Waals surface area contributed by atoms with Crippen LogP contribution in [0, 0.1) is 6.92 Å². The number of para-hydroxylation sites is 1. The van der Waals surface area contributed by atoms with Crippen molar-refractivity contribution in [2.45, 2.75) is 20.3 Å². The van der Waals surface area contributed by atoms with E-state index in [9.17, 15) is 4.79 Å². The number of morpholine rings is 1. The van der Waals surface area contributed by atoms with Crippen molar-refractivity contribution < 1.29 is 9.53 Å². The summed E-state index contributed by atoms with van der Waals surface area (Å²) >= 11 is 1.60. The van der Waals surface area contributed by atoms with Gasteiger partial charge in [0.25, 0.3) is 5.91 Å². The van der Waals surface area contributed by atoms with Gasteiger partial charge in [0.1, 0.15) is 0 Å². The normalized spacial score (nSPS) is 15.0. The SMILES string of the molecule is CCc1cccc2sc(N(CCN3CCOCC3)C(=O)c3ccc(C)cc3)nc12. The van der Waals surface area contributed by atoms with Gasteiger partial charge < -0.3 is 4.74 Å². The topological polar surface area (TPSA) is 45.7 Å². The van der Waals surface area contributed by atoms with Crippen molar-refractivity contribution in [3.63, 3.8) is 0 Å². The fraction of sp³-hybridized carbons (Fsp3) is 0.391. The first kappa shape index (κ1) is 20.0. The number of carbonyl (C=O) groups excluding carboxylic acids is 1. The van der Waals surface area contributed by atoms with Crippen LogP contribution in [0.1, 0.15) is 28.4 Å². The number of hydrogen-bond donors (Lipinski definition) is 0. The van der Waals surface area contributed by atoms with Gasteiger partial charge in [-0.1, -0.05) is 48.1 Å². The molecule has 1 saturated heterocycles. The molecule has 1 aliphatic rings. The van der Waals surface area contributed by atoms with E-state index in [2.05, 4.69) is 30.0 Å². The van der Waals surface area contributed by atoms with Gasteiger partial charge >= 0.3 is 0 Å². The Morgan fingerprint density at radius 2 is 1.93 bits per heavy atom. The third-order valence-corrected chi connectivity index (χ3v) is 6.43. The van der Waals surface area contributed by atoms with Gasteiger partial charge in [-0.3, -0.25) is 14.6 Å². The number of fused-ring (bicyclic) bond motifs is 1. The number of anilines is 1. The molecule has 0 saturated carbocycles.